The first-order chi connectivity index (χ1) is 22.8. The van der Waals surface area contributed by atoms with Crippen molar-refractivity contribution in [3.8, 4) is 11.5 Å². The molecule has 0 spiro atoms. The number of nitrogens with one attached hydrogen (secondary N) is 3. The van der Waals surface area contributed by atoms with E-state index >= 15 is 0 Å². The fourth-order valence-corrected chi connectivity index (χ4v) is 5.20. The maximum atomic E-state index is 13.6. The summed E-state index contributed by atoms with van der Waals surface area (Å²) in [5.41, 5.74) is 1.26. The third-order valence-corrected chi connectivity index (χ3v) is 7.83. The van der Waals surface area contributed by atoms with Crippen molar-refractivity contribution >= 4 is 29.1 Å². The Hall–Kier alpha value is -3.79. The van der Waals surface area contributed by atoms with E-state index in [1.54, 1.807) is 60.5 Å². The van der Waals surface area contributed by atoms with Crippen molar-refractivity contribution in [2.24, 2.45) is 0 Å². The van der Waals surface area contributed by atoms with E-state index in [4.69, 9.17) is 9.47 Å². The fourth-order valence-electron chi connectivity index (χ4n) is 5.20. The number of rotatable bonds is 25. The molecule has 2 atom stereocenters. The van der Waals surface area contributed by atoms with Gasteiger partial charge in [-0.15, -0.1) is 0 Å². The summed E-state index contributed by atoms with van der Waals surface area (Å²) in [5.74, 6) is 0.541. The number of nitrogens with zero attached hydrogens (tertiary/aromatic N) is 1. The Morgan fingerprint density at radius 2 is 1.38 bits per heavy atom. The molecule has 0 aromatic heterocycles. The van der Waals surface area contributed by atoms with E-state index in [9.17, 15) is 19.5 Å². The molecule has 2 unspecified atom stereocenters. The maximum absolute atomic E-state index is 13.6. The van der Waals surface area contributed by atoms with Gasteiger partial charge in [-0.2, -0.15) is 0 Å². The van der Waals surface area contributed by atoms with Gasteiger partial charge in [0.2, 0.25) is 11.8 Å². The van der Waals surface area contributed by atoms with Crippen LogP contribution in [0, 0.1) is 0 Å². The molecular formula is C37H58N4O6. The fraction of sp³-hybridized carbons (Fsp3) is 0.595. The van der Waals surface area contributed by atoms with Crippen LogP contribution in [0.15, 0.2) is 48.5 Å². The summed E-state index contributed by atoms with van der Waals surface area (Å²) < 4.78 is 11.1. The Bertz CT molecular complexity index is 1160. The molecule has 0 aliphatic carbocycles. The van der Waals surface area contributed by atoms with Crippen molar-refractivity contribution in [2.45, 2.75) is 117 Å². The van der Waals surface area contributed by atoms with Crippen molar-refractivity contribution < 1.29 is 29.0 Å². The van der Waals surface area contributed by atoms with Crippen LogP contribution in [0.5, 0.6) is 11.5 Å². The summed E-state index contributed by atoms with van der Waals surface area (Å²) in [6.45, 7) is 7.12. The van der Waals surface area contributed by atoms with E-state index in [1.165, 1.54) is 58.3 Å². The summed E-state index contributed by atoms with van der Waals surface area (Å²) in [4.78, 5) is 39.9. The van der Waals surface area contributed by atoms with E-state index in [1.807, 2.05) is 6.92 Å². The van der Waals surface area contributed by atoms with Crippen LogP contribution in [0.2, 0.25) is 0 Å². The predicted molar refractivity (Wildman–Crippen MR) is 189 cm³/mol. The van der Waals surface area contributed by atoms with Crippen LogP contribution in [0.4, 0.5) is 11.4 Å². The number of hydrogen-bond donors (Lipinski definition) is 4. The van der Waals surface area contributed by atoms with Gasteiger partial charge < -0.3 is 35.4 Å². The van der Waals surface area contributed by atoms with E-state index in [0.29, 0.717) is 48.9 Å². The lowest BCUT2D eigenvalue weighted by atomic mass is 10.1. The number of anilines is 2. The molecule has 0 bridgehead atoms. The zero-order valence-corrected chi connectivity index (χ0v) is 29.0. The van der Waals surface area contributed by atoms with Crippen molar-refractivity contribution in [2.75, 3.05) is 37.0 Å². The highest BCUT2D eigenvalue weighted by molar-refractivity contribution is 6.00. The zero-order chi connectivity index (χ0) is 34.3. The van der Waals surface area contributed by atoms with Gasteiger partial charge in [0, 0.05) is 30.9 Å². The van der Waals surface area contributed by atoms with Gasteiger partial charge in [0.25, 0.3) is 5.91 Å². The number of ether oxygens (including phenoxy) is 2. The standard InChI is InChI=1S/C37H58N4O6/c1-5-7-8-9-10-11-12-13-14-15-26-38-34(43)17-16-27-47-33-22-18-30(19-23-33)39-36(40-35(44)28-29(3)42)37(45)41(6-2)31-20-24-32(46-4)25-21-31/h18-25,29,36,39,42H,5-17,26-28H2,1-4H3,(H,38,43)(H,40,44). The Kier molecular flexibility index (Phi) is 19.7. The smallest absolute Gasteiger partial charge is 0.270 e. The Labute approximate surface area is 282 Å². The summed E-state index contributed by atoms with van der Waals surface area (Å²) in [6.07, 6.45) is 11.7. The normalized spacial score (nSPS) is 12.1. The molecule has 0 saturated heterocycles. The highest BCUT2D eigenvalue weighted by atomic mass is 16.5. The minimum Gasteiger partial charge on any atom is -0.497 e. The molecule has 2 aromatic rings. The first kappa shape index (κ1) is 39.4. The van der Waals surface area contributed by atoms with E-state index in [0.717, 1.165) is 19.4 Å². The van der Waals surface area contributed by atoms with Gasteiger partial charge in [-0.1, -0.05) is 64.7 Å². The van der Waals surface area contributed by atoms with Gasteiger partial charge in [0.15, 0.2) is 6.17 Å². The third-order valence-electron chi connectivity index (χ3n) is 7.83. The molecule has 2 rings (SSSR count). The summed E-state index contributed by atoms with van der Waals surface area (Å²) >= 11 is 0. The van der Waals surface area contributed by atoms with Crippen molar-refractivity contribution in [1.82, 2.24) is 10.6 Å². The third kappa shape index (κ3) is 16.6. The number of likely N-dealkylation sites (N-methyl/N-ethyl adjacent to an activating group) is 1. The molecule has 262 valence electrons. The van der Waals surface area contributed by atoms with Crippen LogP contribution >= 0.6 is 0 Å². The highest BCUT2D eigenvalue weighted by Gasteiger charge is 2.27. The van der Waals surface area contributed by atoms with Crippen LogP contribution in [-0.2, 0) is 14.4 Å². The minimum absolute atomic E-state index is 0.0492. The summed E-state index contributed by atoms with van der Waals surface area (Å²) in [6, 6.07) is 14.2. The monoisotopic (exact) mass is 654 g/mol. The van der Waals surface area contributed by atoms with Crippen LogP contribution in [0.25, 0.3) is 0 Å². The van der Waals surface area contributed by atoms with Gasteiger partial charge in [0.05, 0.1) is 26.2 Å². The molecule has 4 N–H and O–H groups in total. The molecular weight excluding hydrogens is 596 g/mol. The zero-order valence-electron chi connectivity index (χ0n) is 29.0. The first-order valence-corrected chi connectivity index (χ1v) is 17.5. The quantitative estimate of drug-likeness (QED) is 0.0704. The molecule has 47 heavy (non-hydrogen) atoms. The van der Waals surface area contributed by atoms with Gasteiger partial charge in [-0.25, -0.2) is 0 Å². The van der Waals surface area contributed by atoms with Gasteiger partial charge >= 0.3 is 0 Å². The number of methoxy groups -OCH3 is 1. The number of carbonyl (C=O) groups is 3. The molecule has 10 heteroatoms. The number of amides is 3. The van der Waals surface area contributed by atoms with Crippen molar-refractivity contribution in [3.05, 3.63) is 48.5 Å². The molecule has 0 radical (unpaired) electrons. The highest BCUT2D eigenvalue weighted by Crippen LogP contribution is 2.21. The SMILES string of the molecule is CCCCCCCCCCCCNC(=O)CCCOc1ccc(NC(NC(=O)CC(C)O)C(=O)N(CC)c2ccc(OC)cc2)cc1. The van der Waals surface area contributed by atoms with Crippen molar-refractivity contribution in [3.63, 3.8) is 0 Å². The summed E-state index contributed by atoms with van der Waals surface area (Å²) in [5, 5.41) is 18.5. The van der Waals surface area contributed by atoms with Gasteiger partial charge in [-0.05, 0) is 75.2 Å². The maximum Gasteiger partial charge on any atom is 0.270 e. The molecule has 0 heterocycles. The largest absolute Gasteiger partial charge is 0.497 e. The topological polar surface area (TPSA) is 129 Å². The molecule has 2 aromatic carbocycles. The van der Waals surface area contributed by atoms with Crippen LogP contribution in [0.1, 0.15) is 104 Å². The lowest BCUT2D eigenvalue weighted by molar-refractivity contribution is -0.128. The van der Waals surface area contributed by atoms with Gasteiger partial charge in [-0.3, -0.25) is 14.4 Å². The summed E-state index contributed by atoms with van der Waals surface area (Å²) in [7, 11) is 1.57. The van der Waals surface area contributed by atoms with Crippen LogP contribution in [0.3, 0.4) is 0 Å². The Morgan fingerprint density at radius 3 is 1.96 bits per heavy atom. The van der Waals surface area contributed by atoms with Gasteiger partial charge in [0.1, 0.15) is 11.5 Å². The van der Waals surface area contributed by atoms with Crippen LogP contribution in [-0.4, -0.2) is 61.9 Å². The second-order valence-electron chi connectivity index (χ2n) is 12.0. The number of benzene rings is 2. The molecule has 0 saturated carbocycles. The van der Waals surface area contributed by atoms with E-state index in [-0.39, 0.29) is 18.2 Å². The average Bonchev–Trinajstić information content (AvgIpc) is 3.06. The number of hydrogen-bond acceptors (Lipinski definition) is 7. The van der Waals surface area contributed by atoms with Crippen molar-refractivity contribution in [1.29, 1.82) is 0 Å². The first-order valence-electron chi connectivity index (χ1n) is 17.5. The lowest BCUT2D eigenvalue weighted by Gasteiger charge is -2.28. The number of carbonyl (C=O) groups excluding carboxylic acids is 3. The molecule has 0 aliphatic heterocycles. The Balaban J connectivity index is 1.77. The Morgan fingerprint density at radius 1 is 0.787 bits per heavy atom. The molecule has 10 nitrogen and oxygen atoms in total. The number of unbranched alkanes of at least 4 members (excludes halogenated alkanes) is 9. The number of aliphatic hydroxyl groups excluding tert-OH is 1. The molecule has 0 fully saturated rings. The van der Waals surface area contributed by atoms with E-state index in [2.05, 4.69) is 22.9 Å². The molecule has 0 aliphatic rings. The van der Waals surface area contributed by atoms with Crippen LogP contribution < -0.4 is 30.3 Å². The second-order valence-corrected chi connectivity index (χ2v) is 12.0. The second kappa shape index (κ2) is 23.5. The number of aliphatic hydroxyl groups is 1. The minimum atomic E-state index is -1.08. The predicted octanol–water partition coefficient (Wildman–Crippen LogP) is 6.57. The van der Waals surface area contributed by atoms with E-state index < -0.39 is 18.2 Å². The average molecular weight is 655 g/mol. The molecule has 3 amide bonds. The lowest BCUT2D eigenvalue weighted by Crippen LogP contribution is -2.53.